The number of rotatable bonds is 7. The fraction of sp³-hybridized carbons (Fsp3) is 0.286. The van der Waals surface area contributed by atoms with Gasteiger partial charge in [-0.2, -0.15) is 0 Å². The van der Waals surface area contributed by atoms with Crippen molar-refractivity contribution < 1.29 is 18.7 Å². The molecule has 10 heteroatoms. The first kappa shape index (κ1) is 21.0. The second kappa shape index (κ2) is 9.69. The van der Waals surface area contributed by atoms with Crippen molar-refractivity contribution in [3.63, 3.8) is 0 Å². The lowest BCUT2D eigenvalue weighted by Gasteiger charge is -2.29. The van der Waals surface area contributed by atoms with Crippen LogP contribution in [0.4, 0.5) is 9.18 Å². The summed E-state index contributed by atoms with van der Waals surface area (Å²) in [4.78, 5) is 12.9. The Kier molecular flexibility index (Phi) is 6.56. The van der Waals surface area contributed by atoms with Crippen LogP contribution in [0.3, 0.4) is 0 Å². The molecule has 0 saturated carbocycles. The quantitative estimate of drug-likeness (QED) is 0.605. The highest BCUT2D eigenvalue weighted by Gasteiger charge is 2.27. The highest BCUT2D eigenvalue weighted by molar-refractivity contribution is 7.99. The van der Waals surface area contributed by atoms with Gasteiger partial charge in [0.2, 0.25) is 5.16 Å². The minimum atomic E-state index is -0.334. The molecule has 3 aromatic rings. The van der Waals surface area contributed by atoms with Crippen LogP contribution in [0.15, 0.2) is 53.7 Å². The van der Waals surface area contributed by atoms with Crippen LogP contribution in [0.1, 0.15) is 11.4 Å². The molecule has 2 aromatic carbocycles. The van der Waals surface area contributed by atoms with Gasteiger partial charge in [0, 0.05) is 12.3 Å². The van der Waals surface area contributed by atoms with Crippen molar-refractivity contribution in [3.8, 4) is 11.5 Å². The molecule has 1 aliphatic heterocycles. The maximum absolute atomic E-state index is 13.1. The smallest absolute Gasteiger partial charge is 0.336 e. The van der Waals surface area contributed by atoms with Gasteiger partial charge in [0.05, 0.1) is 13.7 Å². The molecule has 0 fully saturated rings. The number of hydrogen-bond acceptors (Lipinski definition) is 6. The topological polar surface area (TPSA) is 81.5 Å². The molecule has 0 aliphatic carbocycles. The molecule has 1 aromatic heterocycles. The average Bonchev–Trinajstić information content (AvgIpc) is 3.22. The number of para-hydroxylation sites is 1. The lowest BCUT2D eigenvalue weighted by Crippen LogP contribution is -2.51. The maximum Gasteiger partial charge on any atom is 0.336 e. The molecule has 4 rings (SSSR count). The van der Waals surface area contributed by atoms with Crippen molar-refractivity contribution >= 4 is 17.8 Å². The molecule has 1 N–H and O–H groups in total. The Hall–Kier alpha value is -3.27. The van der Waals surface area contributed by atoms with E-state index in [2.05, 4.69) is 15.5 Å². The number of benzene rings is 2. The van der Waals surface area contributed by atoms with E-state index in [-0.39, 0.29) is 18.5 Å². The van der Waals surface area contributed by atoms with Crippen molar-refractivity contribution in [2.24, 2.45) is 0 Å². The Morgan fingerprint density at radius 3 is 2.81 bits per heavy atom. The average molecular weight is 444 g/mol. The minimum absolute atomic E-state index is 0.101. The summed E-state index contributed by atoms with van der Waals surface area (Å²) in [6.45, 7) is 1.08. The summed E-state index contributed by atoms with van der Waals surface area (Å²) in [5.74, 6) is 2.19. The Balaban J connectivity index is 1.40. The van der Waals surface area contributed by atoms with Gasteiger partial charge in [-0.1, -0.05) is 30.0 Å². The van der Waals surface area contributed by atoms with E-state index >= 15 is 0 Å². The van der Waals surface area contributed by atoms with E-state index in [1.165, 1.54) is 23.9 Å². The highest BCUT2D eigenvalue weighted by atomic mass is 32.2. The number of amides is 2. The maximum atomic E-state index is 13.1. The molecule has 0 saturated heterocycles. The standard InChI is InChI=1S/C21H22FN5O3S/c1-29-18-5-3-2-4-15(18)10-11-23-20(28)26-12-13-31-21-25-24-19(27(21)26)14-30-17-8-6-16(22)7-9-17/h2-9H,10-14H2,1H3,(H,23,28). The first-order valence-electron chi connectivity index (χ1n) is 9.78. The van der Waals surface area contributed by atoms with Gasteiger partial charge in [-0.05, 0) is 42.3 Å². The number of ether oxygens (including phenoxy) is 2. The van der Waals surface area contributed by atoms with Crippen LogP contribution in [0.2, 0.25) is 0 Å². The Bertz CT molecular complexity index is 1040. The summed E-state index contributed by atoms with van der Waals surface area (Å²) in [5, 5.41) is 13.5. The van der Waals surface area contributed by atoms with Crippen LogP contribution < -0.4 is 19.8 Å². The van der Waals surface area contributed by atoms with Crippen LogP contribution in [-0.2, 0) is 13.0 Å². The SMILES string of the molecule is COc1ccccc1CCNC(=O)N1CCSc2nnc(COc3ccc(F)cc3)n21. The molecular formula is C21H22FN5O3S. The molecule has 2 amide bonds. The zero-order valence-electron chi connectivity index (χ0n) is 17.0. The number of nitrogens with zero attached hydrogens (tertiary/aromatic N) is 4. The number of nitrogens with one attached hydrogen (secondary N) is 1. The van der Waals surface area contributed by atoms with Gasteiger partial charge in [-0.3, -0.25) is 0 Å². The van der Waals surface area contributed by atoms with E-state index in [1.54, 1.807) is 28.9 Å². The molecule has 0 radical (unpaired) electrons. The summed E-state index contributed by atoms with van der Waals surface area (Å²) >= 11 is 1.53. The zero-order chi connectivity index (χ0) is 21.6. The van der Waals surface area contributed by atoms with E-state index in [1.807, 2.05) is 24.3 Å². The van der Waals surface area contributed by atoms with Crippen molar-refractivity contribution in [2.75, 3.05) is 31.0 Å². The number of hydrogen-bond donors (Lipinski definition) is 1. The largest absolute Gasteiger partial charge is 0.496 e. The van der Waals surface area contributed by atoms with Gasteiger partial charge in [0.15, 0.2) is 5.82 Å². The minimum Gasteiger partial charge on any atom is -0.496 e. The van der Waals surface area contributed by atoms with E-state index < -0.39 is 0 Å². The van der Waals surface area contributed by atoms with Gasteiger partial charge >= 0.3 is 6.03 Å². The van der Waals surface area contributed by atoms with Crippen molar-refractivity contribution in [1.29, 1.82) is 0 Å². The normalized spacial score (nSPS) is 12.9. The van der Waals surface area contributed by atoms with Gasteiger partial charge in [0.25, 0.3) is 0 Å². The van der Waals surface area contributed by atoms with Crippen molar-refractivity contribution in [3.05, 3.63) is 65.7 Å². The molecule has 1 aliphatic rings. The summed E-state index contributed by atoms with van der Waals surface area (Å²) in [6, 6.07) is 13.2. The fourth-order valence-corrected chi connectivity index (χ4v) is 4.09. The second-order valence-corrected chi connectivity index (χ2v) is 7.78. The number of thioether (sulfide) groups is 1. The van der Waals surface area contributed by atoms with Gasteiger partial charge in [-0.15, -0.1) is 10.2 Å². The number of methoxy groups -OCH3 is 1. The predicted molar refractivity (Wildman–Crippen MR) is 115 cm³/mol. The van der Waals surface area contributed by atoms with Crippen LogP contribution in [0, 0.1) is 5.82 Å². The first-order chi connectivity index (χ1) is 15.2. The van der Waals surface area contributed by atoms with Gasteiger partial charge in [0.1, 0.15) is 23.9 Å². The third kappa shape index (κ3) is 4.91. The van der Waals surface area contributed by atoms with Crippen LogP contribution in [-0.4, -0.2) is 46.9 Å². The van der Waals surface area contributed by atoms with Crippen molar-refractivity contribution in [2.45, 2.75) is 18.2 Å². The third-order valence-electron chi connectivity index (χ3n) is 4.73. The summed E-state index contributed by atoms with van der Waals surface area (Å²) in [7, 11) is 1.63. The van der Waals surface area contributed by atoms with Gasteiger partial charge in [-0.25, -0.2) is 18.9 Å². The van der Waals surface area contributed by atoms with E-state index in [0.29, 0.717) is 36.2 Å². The summed E-state index contributed by atoms with van der Waals surface area (Å²) in [6.07, 6.45) is 0.647. The molecule has 8 nitrogen and oxygen atoms in total. The molecule has 0 atom stereocenters. The Morgan fingerprint density at radius 1 is 1.19 bits per heavy atom. The number of carbonyl (C=O) groups is 1. The second-order valence-electron chi connectivity index (χ2n) is 6.72. The number of aromatic nitrogens is 3. The fourth-order valence-electron chi connectivity index (χ4n) is 3.22. The van der Waals surface area contributed by atoms with Crippen LogP contribution >= 0.6 is 11.8 Å². The highest BCUT2D eigenvalue weighted by Crippen LogP contribution is 2.23. The molecule has 162 valence electrons. The van der Waals surface area contributed by atoms with Gasteiger partial charge < -0.3 is 14.8 Å². The summed E-state index contributed by atoms with van der Waals surface area (Å²) < 4.78 is 25.8. The number of urea groups is 1. The predicted octanol–water partition coefficient (Wildman–Crippen LogP) is 3.00. The lowest BCUT2D eigenvalue weighted by atomic mass is 10.1. The molecule has 2 heterocycles. The molecule has 0 unspecified atom stereocenters. The molecule has 31 heavy (non-hydrogen) atoms. The number of halogens is 1. The zero-order valence-corrected chi connectivity index (χ0v) is 17.8. The van der Waals surface area contributed by atoms with Crippen LogP contribution in [0.25, 0.3) is 0 Å². The lowest BCUT2D eigenvalue weighted by molar-refractivity contribution is 0.237. The van der Waals surface area contributed by atoms with E-state index in [0.717, 1.165) is 17.1 Å². The number of fused-ring (bicyclic) bond motifs is 1. The van der Waals surface area contributed by atoms with E-state index in [9.17, 15) is 9.18 Å². The van der Waals surface area contributed by atoms with E-state index in [4.69, 9.17) is 9.47 Å². The van der Waals surface area contributed by atoms with Crippen molar-refractivity contribution in [1.82, 2.24) is 20.2 Å². The molecule has 0 bridgehead atoms. The Labute approximate surface area is 183 Å². The molecule has 0 spiro atoms. The monoisotopic (exact) mass is 443 g/mol. The number of carbonyl (C=O) groups excluding carboxylic acids is 1. The first-order valence-corrected chi connectivity index (χ1v) is 10.8. The molecular weight excluding hydrogens is 421 g/mol. The summed E-state index contributed by atoms with van der Waals surface area (Å²) in [5.41, 5.74) is 1.03. The van der Waals surface area contributed by atoms with Crippen LogP contribution in [0.5, 0.6) is 11.5 Å². The third-order valence-corrected chi connectivity index (χ3v) is 5.63. The Morgan fingerprint density at radius 2 is 2.00 bits per heavy atom.